The molecule has 0 atom stereocenters. The molecule has 0 aromatic heterocycles. The minimum Gasteiger partial charge on any atom is -0.0882 e. The third kappa shape index (κ3) is 3.38. The van der Waals surface area contributed by atoms with E-state index in [1.54, 1.807) is 0 Å². The summed E-state index contributed by atoms with van der Waals surface area (Å²) in [5, 5.41) is 0. The molecule has 0 bridgehead atoms. The fourth-order valence-corrected chi connectivity index (χ4v) is 1.05. The molecule has 0 unspecified atom stereocenters. The Morgan fingerprint density at radius 2 is 2.25 bits per heavy atom. The number of benzene rings is 1. The highest BCUT2D eigenvalue weighted by Gasteiger charge is 1.85. The van der Waals surface area contributed by atoms with Crippen molar-refractivity contribution in [3.05, 3.63) is 48.0 Å². The van der Waals surface area contributed by atoms with Gasteiger partial charge in [-0.3, -0.25) is 0 Å². The van der Waals surface area contributed by atoms with Crippen LogP contribution in [0.5, 0.6) is 0 Å². The molecule has 0 aliphatic heterocycles. The van der Waals surface area contributed by atoms with E-state index >= 15 is 0 Å². The maximum Gasteiger partial charge on any atom is -0.00913 e. The third-order valence-electron chi connectivity index (χ3n) is 1.73. The molecule has 0 heterocycles. The summed E-state index contributed by atoms with van der Waals surface area (Å²) in [5.41, 5.74) is 1.27. The Morgan fingerprint density at radius 3 is 2.92 bits per heavy atom. The SMILES string of the molecule is CCC/C=C/Cc1[c]cccc1. The summed E-state index contributed by atoms with van der Waals surface area (Å²) in [7, 11) is 0. The normalized spacial score (nSPS) is 10.8. The summed E-state index contributed by atoms with van der Waals surface area (Å²) in [6.07, 6.45) is 7.89. The van der Waals surface area contributed by atoms with Crippen molar-refractivity contribution in [1.29, 1.82) is 0 Å². The second kappa shape index (κ2) is 5.59. The molecule has 0 saturated carbocycles. The maximum absolute atomic E-state index is 3.19. The van der Waals surface area contributed by atoms with Gasteiger partial charge in [-0.05, 0) is 24.5 Å². The molecular formula is C12H15. The molecule has 0 nitrogen and oxygen atoms in total. The van der Waals surface area contributed by atoms with E-state index in [0.29, 0.717) is 0 Å². The van der Waals surface area contributed by atoms with Gasteiger partial charge in [0.25, 0.3) is 0 Å². The molecule has 12 heavy (non-hydrogen) atoms. The fraction of sp³-hybridized carbons (Fsp3) is 0.333. The predicted molar refractivity (Wildman–Crippen MR) is 53.0 cm³/mol. The van der Waals surface area contributed by atoms with Gasteiger partial charge in [-0.1, -0.05) is 49.8 Å². The van der Waals surface area contributed by atoms with Gasteiger partial charge in [0.1, 0.15) is 0 Å². The summed E-state index contributed by atoms with van der Waals surface area (Å²) in [6.45, 7) is 2.19. The fourth-order valence-electron chi connectivity index (χ4n) is 1.05. The zero-order valence-electron chi connectivity index (χ0n) is 7.59. The second-order valence-corrected chi connectivity index (χ2v) is 2.85. The average molecular weight is 159 g/mol. The van der Waals surface area contributed by atoms with Crippen LogP contribution >= 0.6 is 0 Å². The van der Waals surface area contributed by atoms with Crippen molar-refractivity contribution in [1.82, 2.24) is 0 Å². The Kier molecular flexibility index (Phi) is 4.22. The standard InChI is InChI=1S/C12H15/c1-2-3-4-6-9-12-10-7-5-8-11-12/h4-8,10H,2-3,9H2,1H3/b6-4+. The Hall–Kier alpha value is -1.04. The van der Waals surface area contributed by atoms with Gasteiger partial charge < -0.3 is 0 Å². The first-order valence-electron chi connectivity index (χ1n) is 4.54. The van der Waals surface area contributed by atoms with E-state index in [9.17, 15) is 0 Å². The second-order valence-electron chi connectivity index (χ2n) is 2.85. The highest BCUT2D eigenvalue weighted by atomic mass is 13.9. The van der Waals surface area contributed by atoms with E-state index in [4.69, 9.17) is 0 Å². The Labute approximate surface area is 74.9 Å². The first-order chi connectivity index (χ1) is 5.93. The van der Waals surface area contributed by atoms with Gasteiger partial charge in [0.15, 0.2) is 0 Å². The van der Waals surface area contributed by atoms with Crippen molar-refractivity contribution >= 4 is 0 Å². The largest absolute Gasteiger partial charge is 0.0882 e. The molecule has 0 amide bonds. The lowest BCUT2D eigenvalue weighted by Crippen LogP contribution is -1.78. The lowest BCUT2D eigenvalue weighted by molar-refractivity contribution is 0.953. The van der Waals surface area contributed by atoms with Gasteiger partial charge in [0.05, 0.1) is 0 Å². The molecule has 0 aliphatic rings. The number of allylic oxidation sites excluding steroid dienone is 2. The number of hydrogen-bond acceptors (Lipinski definition) is 0. The molecule has 1 aromatic rings. The van der Waals surface area contributed by atoms with Crippen LogP contribution in [0.2, 0.25) is 0 Å². The smallest absolute Gasteiger partial charge is 0.00913 e. The van der Waals surface area contributed by atoms with Crippen LogP contribution in [-0.2, 0) is 6.42 Å². The molecule has 0 fully saturated rings. The lowest BCUT2D eigenvalue weighted by Gasteiger charge is -1.92. The van der Waals surface area contributed by atoms with E-state index in [1.165, 1.54) is 18.4 Å². The summed E-state index contributed by atoms with van der Waals surface area (Å²) < 4.78 is 0. The number of unbranched alkanes of at least 4 members (excludes halogenated alkanes) is 1. The molecule has 0 N–H and O–H groups in total. The quantitative estimate of drug-likeness (QED) is 0.591. The topological polar surface area (TPSA) is 0 Å². The van der Waals surface area contributed by atoms with Crippen LogP contribution in [0.3, 0.4) is 0 Å². The Bertz CT molecular complexity index is 221. The molecule has 1 aromatic carbocycles. The van der Waals surface area contributed by atoms with Crippen LogP contribution in [-0.4, -0.2) is 0 Å². The molecule has 0 spiro atoms. The summed E-state index contributed by atoms with van der Waals surface area (Å²) >= 11 is 0. The molecular weight excluding hydrogens is 144 g/mol. The molecule has 0 heteroatoms. The average Bonchev–Trinajstić information content (AvgIpc) is 2.14. The minimum absolute atomic E-state index is 1.01. The molecule has 63 valence electrons. The van der Waals surface area contributed by atoms with Crippen LogP contribution in [0.25, 0.3) is 0 Å². The van der Waals surface area contributed by atoms with Crippen LogP contribution in [0.4, 0.5) is 0 Å². The van der Waals surface area contributed by atoms with Crippen molar-refractivity contribution in [3.8, 4) is 0 Å². The van der Waals surface area contributed by atoms with Crippen LogP contribution in [0.15, 0.2) is 36.4 Å². The van der Waals surface area contributed by atoms with Crippen molar-refractivity contribution < 1.29 is 0 Å². The van der Waals surface area contributed by atoms with Crippen molar-refractivity contribution in [2.24, 2.45) is 0 Å². The maximum atomic E-state index is 3.19. The minimum atomic E-state index is 1.01. The van der Waals surface area contributed by atoms with Gasteiger partial charge in [-0.15, -0.1) is 0 Å². The Balaban J connectivity index is 2.33. The summed E-state index contributed by atoms with van der Waals surface area (Å²) in [4.78, 5) is 0. The van der Waals surface area contributed by atoms with E-state index in [0.717, 1.165) is 6.42 Å². The molecule has 1 radical (unpaired) electrons. The first kappa shape index (κ1) is 9.05. The van der Waals surface area contributed by atoms with Gasteiger partial charge >= 0.3 is 0 Å². The van der Waals surface area contributed by atoms with E-state index in [-0.39, 0.29) is 0 Å². The lowest BCUT2D eigenvalue weighted by atomic mass is 10.1. The highest BCUT2D eigenvalue weighted by Crippen LogP contribution is 2.00. The van der Waals surface area contributed by atoms with Crippen molar-refractivity contribution in [3.63, 3.8) is 0 Å². The Morgan fingerprint density at radius 1 is 1.33 bits per heavy atom. The van der Waals surface area contributed by atoms with E-state index < -0.39 is 0 Å². The van der Waals surface area contributed by atoms with Gasteiger partial charge in [0.2, 0.25) is 0 Å². The third-order valence-corrected chi connectivity index (χ3v) is 1.73. The van der Waals surface area contributed by atoms with Crippen molar-refractivity contribution in [2.75, 3.05) is 0 Å². The first-order valence-corrected chi connectivity index (χ1v) is 4.54. The van der Waals surface area contributed by atoms with E-state index in [2.05, 4.69) is 37.3 Å². The zero-order chi connectivity index (χ0) is 8.65. The van der Waals surface area contributed by atoms with E-state index in [1.807, 2.05) is 12.1 Å². The zero-order valence-corrected chi connectivity index (χ0v) is 7.59. The summed E-state index contributed by atoms with van der Waals surface area (Å²) in [5.74, 6) is 0. The van der Waals surface area contributed by atoms with Crippen LogP contribution in [0, 0.1) is 6.07 Å². The molecule has 1 rings (SSSR count). The van der Waals surface area contributed by atoms with Gasteiger partial charge in [-0.25, -0.2) is 0 Å². The van der Waals surface area contributed by atoms with Crippen LogP contribution < -0.4 is 0 Å². The summed E-state index contributed by atoms with van der Waals surface area (Å²) in [6, 6.07) is 11.3. The number of rotatable bonds is 4. The molecule has 0 aliphatic carbocycles. The highest BCUT2D eigenvalue weighted by molar-refractivity contribution is 5.15. The van der Waals surface area contributed by atoms with Gasteiger partial charge in [-0.2, -0.15) is 0 Å². The van der Waals surface area contributed by atoms with Crippen LogP contribution in [0.1, 0.15) is 25.3 Å². The monoisotopic (exact) mass is 159 g/mol. The molecule has 0 saturated heterocycles. The number of hydrogen-bond donors (Lipinski definition) is 0. The predicted octanol–water partition coefficient (Wildman–Crippen LogP) is 3.39. The van der Waals surface area contributed by atoms with Crippen molar-refractivity contribution in [2.45, 2.75) is 26.2 Å². The van der Waals surface area contributed by atoms with Gasteiger partial charge in [0, 0.05) is 0 Å².